The molecule has 0 amide bonds. The van der Waals surface area contributed by atoms with Crippen molar-refractivity contribution < 1.29 is 13.7 Å². The average Bonchev–Trinajstić information content (AvgIpc) is 3.43. The number of aromatic nitrogens is 2. The lowest BCUT2D eigenvalue weighted by molar-refractivity contribution is 0.105. The number of rotatable bonds is 11. The molecule has 3 rings (SSSR count). The first-order valence-electron chi connectivity index (χ1n) is 9.95. The van der Waals surface area contributed by atoms with Crippen molar-refractivity contribution in [1.29, 1.82) is 0 Å². The first-order valence-corrected chi connectivity index (χ1v) is 10.3. The molecule has 31 heavy (non-hydrogen) atoms. The van der Waals surface area contributed by atoms with Crippen LogP contribution in [-0.4, -0.2) is 42.3 Å². The van der Waals surface area contributed by atoms with E-state index in [0.29, 0.717) is 49.5 Å². The van der Waals surface area contributed by atoms with E-state index in [1.807, 2.05) is 31.2 Å². The number of guanidine groups is 1. The van der Waals surface area contributed by atoms with Crippen LogP contribution in [0.15, 0.2) is 56.6 Å². The molecule has 168 valence electrons. The third kappa shape index (κ3) is 8.88. The molecular formula is C21H27ClIN5O3. The first kappa shape index (κ1) is 25.2. The summed E-state index contributed by atoms with van der Waals surface area (Å²) in [6.45, 7) is 5.20. The third-order valence-corrected chi connectivity index (χ3v) is 4.34. The largest absolute Gasteiger partial charge is 0.467 e. The Morgan fingerprint density at radius 2 is 2.03 bits per heavy atom. The summed E-state index contributed by atoms with van der Waals surface area (Å²) in [4.78, 5) is 8.98. The average molecular weight is 560 g/mol. The molecule has 8 nitrogen and oxygen atoms in total. The number of nitrogens with one attached hydrogen (secondary N) is 2. The van der Waals surface area contributed by atoms with Crippen molar-refractivity contribution in [3.63, 3.8) is 0 Å². The van der Waals surface area contributed by atoms with Crippen LogP contribution >= 0.6 is 35.6 Å². The molecule has 0 atom stereocenters. The molecule has 0 aliphatic heterocycles. The SMILES string of the molecule is CCNC(=NCCCOCc1ccco1)NCCc1nc(-c2ccc(Cl)cc2)no1.I. The number of halogens is 2. The summed E-state index contributed by atoms with van der Waals surface area (Å²) in [6, 6.07) is 11.1. The highest BCUT2D eigenvalue weighted by atomic mass is 127. The molecule has 1 aromatic carbocycles. The molecule has 0 fully saturated rings. The van der Waals surface area contributed by atoms with E-state index in [4.69, 9.17) is 25.3 Å². The van der Waals surface area contributed by atoms with Crippen molar-refractivity contribution >= 4 is 41.5 Å². The van der Waals surface area contributed by atoms with Gasteiger partial charge in [-0.25, -0.2) is 0 Å². The van der Waals surface area contributed by atoms with Crippen LogP contribution in [0, 0.1) is 0 Å². The number of aliphatic imine (C=N–C) groups is 1. The lowest BCUT2D eigenvalue weighted by Crippen LogP contribution is -2.38. The smallest absolute Gasteiger partial charge is 0.228 e. The van der Waals surface area contributed by atoms with E-state index in [1.54, 1.807) is 18.4 Å². The second-order valence-corrected chi connectivity index (χ2v) is 6.88. The van der Waals surface area contributed by atoms with E-state index in [2.05, 4.69) is 25.8 Å². The van der Waals surface area contributed by atoms with Gasteiger partial charge in [0.1, 0.15) is 12.4 Å². The van der Waals surface area contributed by atoms with E-state index in [9.17, 15) is 0 Å². The number of hydrogen-bond donors (Lipinski definition) is 2. The topological polar surface area (TPSA) is 97.7 Å². The van der Waals surface area contributed by atoms with Crippen LogP contribution in [0.5, 0.6) is 0 Å². The number of hydrogen-bond acceptors (Lipinski definition) is 6. The number of nitrogens with zero attached hydrogens (tertiary/aromatic N) is 3. The predicted octanol–water partition coefficient (Wildman–Crippen LogP) is 4.31. The molecule has 0 saturated carbocycles. The van der Waals surface area contributed by atoms with Crippen LogP contribution in [0.3, 0.4) is 0 Å². The predicted molar refractivity (Wildman–Crippen MR) is 131 cm³/mol. The number of ether oxygens (including phenoxy) is 1. The second-order valence-electron chi connectivity index (χ2n) is 6.44. The zero-order valence-electron chi connectivity index (χ0n) is 17.3. The van der Waals surface area contributed by atoms with Gasteiger partial charge in [0.2, 0.25) is 11.7 Å². The van der Waals surface area contributed by atoms with Gasteiger partial charge in [-0.1, -0.05) is 16.8 Å². The Hall–Kier alpha value is -2.11. The number of furan rings is 1. The Bertz CT molecular complexity index is 900. The van der Waals surface area contributed by atoms with Crippen molar-refractivity contribution in [2.45, 2.75) is 26.4 Å². The Balaban J connectivity index is 0.00000341. The van der Waals surface area contributed by atoms with Gasteiger partial charge in [-0.15, -0.1) is 24.0 Å². The van der Waals surface area contributed by atoms with Gasteiger partial charge in [-0.3, -0.25) is 4.99 Å². The van der Waals surface area contributed by atoms with E-state index >= 15 is 0 Å². The van der Waals surface area contributed by atoms with Gasteiger partial charge in [0.15, 0.2) is 5.96 Å². The normalized spacial score (nSPS) is 11.2. The van der Waals surface area contributed by atoms with Gasteiger partial charge in [0.25, 0.3) is 0 Å². The second kappa shape index (κ2) is 14.0. The minimum atomic E-state index is 0. The van der Waals surface area contributed by atoms with E-state index < -0.39 is 0 Å². The zero-order chi connectivity index (χ0) is 21.0. The zero-order valence-corrected chi connectivity index (χ0v) is 20.4. The minimum Gasteiger partial charge on any atom is -0.467 e. The van der Waals surface area contributed by atoms with Crippen LogP contribution in [0.1, 0.15) is 25.0 Å². The summed E-state index contributed by atoms with van der Waals surface area (Å²) in [5, 5.41) is 11.2. The summed E-state index contributed by atoms with van der Waals surface area (Å²) < 4.78 is 16.1. The molecule has 0 aliphatic rings. The summed E-state index contributed by atoms with van der Waals surface area (Å²) in [7, 11) is 0. The molecule has 2 N–H and O–H groups in total. The summed E-state index contributed by atoms with van der Waals surface area (Å²) in [5.74, 6) is 2.70. The molecule has 2 aromatic heterocycles. The summed E-state index contributed by atoms with van der Waals surface area (Å²) in [6.07, 6.45) is 3.06. The maximum atomic E-state index is 5.91. The van der Waals surface area contributed by atoms with E-state index in [0.717, 1.165) is 30.2 Å². The lowest BCUT2D eigenvalue weighted by atomic mass is 10.2. The summed E-state index contributed by atoms with van der Waals surface area (Å²) in [5.41, 5.74) is 0.867. The van der Waals surface area contributed by atoms with Crippen LogP contribution in [-0.2, 0) is 17.8 Å². The van der Waals surface area contributed by atoms with Crippen LogP contribution in [0.2, 0.25) is 5.02 Å². The molecule has 10 heteroatoms. The molecule has 0 radical (unpaired) electrons. The van der Waals surface area contributed by atoms with Gasteiger partial charge in [-0.2, -0.15) is 4.98 Å². The van der Waals surface area contributed by atoms with Crippen molar-refractivity contribution in [2.24, 2.45) is 4.99 Å². The highest BCUT2D eigenvalue weighted by Gasteiger charge is 2.08. The van der Waals surface area contributed by atoms with Gasteiger partial charge < -0.3 is 24.3 Å². The lowest BCUT2D eigenvalue weighted by Gasteiger charge is -2.10. The molecule has 0 spiro atoms. The fourth-order valence-electron chi connectivity index (χ4n) is 2.63. The van der Waals surface area contributed by atoms with Crippen molar-refractivity contribution in [2.75, 3.05) is 26.2 Å². The molecule has 2 heterocycles. The van der Waals surface area contributed by atoms with Crippen molar-refractivity contribution in [3.05, 3.63) is 59.3 Å². The van der Waals surface area contributed by atoms with Crippen LogP contribution in [0.4, 0.5) is 0 Å². The highest BCUT2D eigenvalue weighted by Crippen LogP contribution is 2.18. The first-order chi connectivity index (χ1) is 14.7. The molecule has 0 unspecified atom stereocenters. The van der Waals surface area contributed by atoms with Gasteiger partial charge >= 0.3 is 0 Å². The Kier molecular flexibility index (Phi) is 11.4. The quantitative estimate of drug-likeness (QED) is 0.156. The Morgan fingerprint density at radius 1 is 1.19 bits per heavy atom. The van der Waals surface area contributed by atoms with E-state index in [1.165, 1.54) is 0 Å². The molecule has 0 saturated heterocycles. The standard InChI is InChI=1S/C21H26ClN5O3.HI/c1-2-23-21(24-11-4-13-28-15-18-5-3-14-29-18)25-12-10-19-26-20(27-30-19)16-6-8-17(22)9-7-16;/h3,5-9,14H,2,4,10-13,15H2,1H3,(H2,23,24,25);1H. The molecule has 0 aliphatic carbocycles. The fraction of sp³-hybridized carbons (Fsp3) is 0.381. The van der Waals surface area contributed by atoms with Crippen LogP contribution < -0.4 is 10.6 Å². The highest BCUT2D eigenvalue weighted by molar-refractivity contribution is 14.0. The maximum Gasteiger partial charge on any atom is 0.228 e. The van der Waals surface area contributed by atoms with Gasteiger partial charge in [0, 0.05) is 43.2 Å². The fourth-order valence-corrected chi connectivity index (χ4v) is 2.75. The minimum absolute atomic E-state index is 0. The maximum absolute atomic E-state index is 5.91. The van der Waals surface area contributed by atoms with Crippen molar-refractivity contribution in [1.82, 2.24) is 20.8 Å². The van der Waals surface area contributed by atoms with E-state index in [-0.39, 0.29) is 24.0 Å². The Morgan fingerprint density at radius 3 is 2.77 bits per heavy atom. The third-order valence-electron chi connectivity index (χ3n) is 4.09. The van der Waals surface area contributed by atoms with Crippen LogP contribution in [0.25, 0.3) is 11.4 Å². The van der Waals surface area contributed by atoms with Gasteiger partial charge in [-0.05, 0) is 49.7 Å². The Labute approximate surface area is 203 Å². The van der Waals surface area contributed by atoms with Crippen molar-refractivity contribution in [3.8, 4) is 11.4 Å². The molecular weight excluding hydrogens is 533 g/mol. The summed E-state index contributed by atoms with van der Waals surface area (Å²) >= 11 is 5.91. The monoisotopic (exact) mass is 559 g/mol. The van der Waals surface area contributed by atoms with Gasteiger partial charge in [0.05, 0.1) is 6.26 Å². The number of benzene rings is 1. The molecule has 0 bridgehead atoms. The molecule has 3 aromatic rings.